The van der Waals surface area contributed by atoms with Gasteiger partial charge in [-0.05, 0) is 74.3 Å². The first kappa shape index (κ1) is 23.5. The maximum atomic E-state index is 12.3. The Balaban J connectivity index is 1.51. The number of carbonyl (C=O) groups is 2. The molecule has 6 nitrogen and oxygen atoms in total. The molecule has 0 saturated carbocycles. The van der Waals surface area contributed by atoms with Crippen LogP contribution in [0.2, 0.25) is 0 Å². The van der Waals surface area contributed by atoms with Crippen LogP contribution in [0.1, 0.15) is 22.1 Å². The second-order valence-electron chi connectivity index (χ2n) is 7.65. The molecular formula is C23H29N3O3S2. The number of hydrogen-bond acceptors (Lipinski definition) is 6. The summed E-state index contributed by atoms with van der Waals surface area (Å²) in [5.41, 5.74) is 3.51. The average Bonchev–Trinajstić information content (AvgIpc) is 2.75. The molecule has 1 heterocycles. The third-order valence-corrected chi connectivity index (χ3v) is 7.62. The van der Waals surface area contributed by atoms with Gasteiger partial charge in [-0.2, -0.15) is 0 Å². The molecule has 1 aliphatic rings. The van der Waals surface area contributed by atoms with E-state index in [0.29, 0.717) is 28.3 Å². The molecule has 31 heavy (non-hydrogen) atoms. The van der Waals surface area contributed by atoms with E-state index in [9.17, 15) is 9.59 Å². The molecular weight excluding hydrogens is 430 g/mol. The van der Waals surface area contributed by atoms with Gasteiger partial charge in [-0.15, -0.1) is 23.5 Å². The Bertz CT molecular complexity index is 897. The standard InChI is InChI=1S/C23H29N3O3S2/c1-16-5-8-18(13-20(16)25-21(27)14-26(2)3)24-22(28)15-29-19-9-6-17(7-10-19)23-30-11-4-12-31-23/h5-10,13,23H,4,11-12,14-15H2,1-3H3,(H,24,28)(H,25,27). The molecule has 0 aromatic heterocycles. The summed E-state index contributed by atoms with van der Waals surface area (Å²) in [4.78, 5) is 26.2. The maximum absolute atomic E-state index is 12.3. The van der Waals surface area contributed by atoms with E-state index in [4.69, 9.17) is 4.74 Å². The van der Waals surface area contributed by atoms with Crippen LogP contribution in [0.5, 0.6) is 5.75 Å². The fourth-order valence-electron chi connectivity index (χ4n) is 3.06. The number of carbonyl (C=O) groups excluding carboxylic acids is 2. The molecule has 1 saturated heterocycles. The number of aryl methyl sites for hydroxylation is 1. The van der Waals surface area contributed by atoms with Crippen LogP contribution in [0.25, 0.3) is 0 Å². The Labute approximate surface area is 192 Å². The fraction of sp³-hybridized carbons (Fsp3) is 0.391. The normalized spacial score (nSPS) is 14.3. The van der Waals surface area contributed by atoms with Crippen LogP contribution >= 0.6 is 23.5 Å². The van der Waals surface area contributed by atoms with Crippen molar-refractivity contribution in [3.8, 4) is 5.75 Å². The lowest BCUT2D eigenvalue weighted by Crippen LogP contribution is -2.27. The first-order valence-corrected chi connectivity index (χ1v) is 12.3. The van der Waals surface area contributed by atoms with Gasteiger partial charge in [0.05, 0.1) is 11.1 Å². The molecule has 2 aromatic carbocycles. The third-order valence-electron chi connectivity index (χ3n) is 4.60. The molecule has 3 rings (SSSR count). The summed E-state index contributed by atoms with van der Waals surface area (Å²) < 4.78 is 6.13. The van der Waals surface area contributed by atoms with Gasteiger partial charge in [0, 0.05) is 11.4 Å². The van der Waals surface area contributed by atoms with Gasteiger partial charge in [-0.25, -0.2) is 0 Å². The minimum atomic E-state index is -0.253. The van der Waals surface area contributed by atoms with Crippen molar-refractivity contribution < 1.29 is 14.3 Å². The number of rotatable bonds is 8. The van der Waals surface area contributed by atoms with Gasteiger partial charge in [-0.3, -0.25) is 9.59 Å². The summed E-state index contributed by atoms with van der Waals surface area (Å²) in [7, 11) is 3.68. The summed E-state index contributed by atoms with van der Waals surface area (Å²) in [5.74, 6) is 2.72. The van der Waals surface area contributed by atoms with E-state index >= 15 is 0 Å². The van der Waals surface area contributed by atoms with Crippen molar-refractivity contribution in [3.05, 3.63) is 53.6 Å². The van der Waals surface area contributed by atoms with Gasteiger partial charge in [0.1, 0.15) is 5.75 Å². The van der Waals surface area contributed by atoms with Gasteiger partial charge in [0.25, 0.3) is 5.91 Å². The Hall–Kier alpha value is -2.16. The number of anilines is 2. The van der Waals surface area contributed by atoms with Crippen molar-refractivity contribution >= 4 is 46.7 Å². The van der Waals surface area contributed by atoms with E-state index in [0.717, 1.165) is 5.56 Å². The van der Waals surface area contributed by atoms with Crippen molar-refractivity contribution in [1.29, 1.82) is 0 Å². The van der Waals surface area contributed by atoms with Gasteiger partial charge < -0.3 is 20.3 Å². The lowest BCUT2D eigenvalue weighted by Gasteiger charge is -2.21. The van der Waals surface area contributed by atoms with Gasteiger partial charge in [-0.1, -0.05) is 18.2 Å². The summed E-state index contributed by atoms with van der Waals surface area (Å²) in [6, 6.07) is 13.4. The molecule has 8 heteroatoms. The van der Waals surface area contributed by atoms with E-state index in [-0.39, 0.29) is 18.4 Å². The number of amides is 2. The van der Waals surface area contributed by atoms with Crippen LogP contribution in [0.15, 0.2) is 42.5 Å². The lowest BCUT2D eigenvalue weighted by molar-refractivity contribution is -0.118. The third kappa shape index (κ3) is 7.48. The number of benzene rings is 2. The number of ether oxygens (including phenoxy) is 1. The topological polar surface area (TPSA) is 70.7 Å². The first-order valence-electron chi connectivity index (χ1n) is 10.2. The zero-order chi connectivity index (χ0) is 22.2. The van der Waals surface area contributed by atoms with E-state index in [1.165, 1.54) is 23.5 Å². The molecule has 1 aliphatic heterocycles. The van der Waals surface area contributed by atoms with E-state index in [1.807, 2.05) is 68.8 Å². The molecule has 0 atom stereocenters. The average molecular weight is 460 g/mol. The summed E-state index contributed by atoms with van der Waals surface area (Å²) in [6.45, 7) is 2.12. The van der Waals surface area contributed by atoms with Crippen molar-refractivity contribution in [2.45, 2.75) is 17.9 Å². The van der Waals surface area contributed by atoms with Crippen LogP contribution < -0.4 is 15.4 Å². The Morgan fingerprint density at radius 2 is 1.74 bits per heavy atom. The monoisotopic (exact) mass is 459 g/mol. The number of likely N-dealkylation sites (N-methyl/N-ethyl adjacent to an activating group) is 1. The van der Waals surface area contributed by atoms with Crippen LogP contribution in [0, 0.1) is 6.92 Å². The first-order chi connectivity index (χ1) is 14.9. The van der Waals surface area contributed by atoms with Gasteiger partial charge >= 0.3 is 0 Å². The molecule has 0 unspecified atom stereocenters. The SMILES string of the molecule is Cc1ccc(NC(=O)COc2ccc(C3SCCCS3)cc2)cc1NC(=O)CN(C)C. The van der Waals surface area contributed by atoms with Crippen molar-refractivity contribution in [3.63, 3.8) is 0 Å². The largest absolute Gasteiger partial charge is 0.484 e. The fourth-order valence-corrected chi connectivity index (χ4v) is 5.95. The summed E-state index contributed by atoms with van der Waals surface area (Å²) in [5, 5.41) is 5.70. The molecule has 2 N–H and O–H groups in total. The zero-order valence-electron chi connectivity index (χ0n) is 18.1. The minimum absolute atomic E-state index is 0.0809. The maximum Gasteiger partial charge on any atom is 0.262 e. The predicted molar refractivity (Wildman–Crippen MR) is 131 cm³/mol. The molecule has 0 bridgehead atoms. The Morgan fingerprint density at radius 1 is 1.03 bits per heavy atom. The van der Waals surface area contributed by atoms with Gasteiger partial charge in [0.2, 0.25) is 5.91 Å². The quantitative estimate of drug-likeness (QED) is 0.610. The molecule has 0 aliphatic carbocycles. The highest BCUT2D eigenvalue weighted by Crippen LogP contribution is 2.43. The van der Waals surface area contributed by atoms with Crippen LogP contribution in [0.4, 0.5) is 11.4 Å². The Kier molecular flexibility index (Phi) is 8.69. The highest BCUT2D eigenvalue weighted by molar-refractivity contribution is 8.16. The molecule has 1 fully saturated rings. The van der Waals surface area contributed by atoms with E-state index in [1.54, 1.807) is 11.0 Å². The predicted octanol–water partition coefficient (Wildman–Crippen LogP) is 4.38. The van der Waals surface area contributed by atoms with Crippen molar-refractivity contribution in [2.75, 3.05) is 49.4 Å². The highest BCUT2D eigenvalue weighted by Gasteiger charge is 2.16. The van der Waals surface area contributed by atoms with Crippen molar-refractivity contribution in [1.82, 2.24) is 4.90 Å². The van der Waals surface area contributed by atoms with Crippen LogP contribution in [-0.4, -0.2) is 55.5 Å². The number of nitrogens with zero attached hydrogens (tertiary/aromatic N) is 1. The molecule has 166 valence electrons. The Morgan fingerprint density at radius 3 is 2.42 bits per heavy atom. The van der Waals surface area contributed by atoms with Crippen LogP contribution in [0.3, 0.4) is 0 Å². The minimum Gasteiger partial charge on any atom is -0.484 e. The molecule has 2 amide bonds. The lowest BCUT2D eigenvalue weighted by atomic mass is 10.1. The highest BCUT2D eigenvalue weighted by atomic mass is 32.2. The van der Waals surface area contributed by atoms with E-state index in [2.05, 4.69) is 22.8 Å². The molecule has 0 radical (unpaired) electrons. The smallest absolute Gasteiger partial charge is 0.262 e. The number of nitrogens with one attached hydrogen (secondary N) is 2. The zero-order valence-corrected chi connectivity index (χ0v) is 19.8. The summed E-state index contributed by atoms with van der Waals surface area (Å²) >= 11 is 3.96. The number of hydrogen-bond donors (Lipinski definition) is 2. The molecule has 0 spiro atoms. The summed E-state index contributed by atoms with van der Waals surface area (Å²) in [6.07, 6.45) is 1.27. The second-order valence-corrected chi connectivity index (χ2v) is 10.4. The van der Waals surface area contributed by atoms with Gasteiger partial charge in [0.15, 0.2) is 6.61 Å². The number of thioether (sulfide) groups is 2. The van der Waals surface area contributed by atoms with E-state index < -0.39 is 0 Å². The van der Waals surface area contributed by atoms with Crippen molar-refractivity contribution in [2.24, 2.45) is 0 Å². The van der Waals surface area contributed by atoms with Crippen LogP contribution in [-0.2, 0) is 9.59 Å². The second kappa shape index (κ2) is 11.5. The molecule has 2 aromatic rings.